The summed E-state index contributed by atoms with van der Waals surface area (Å²) in [4.78, 5) is 17.3. The first-order chi connectivity index (χ1) is 19.6. The smallest absolute Gasteiger partial charge is 0.290 e. The molecule has 3 heterocycles. The number of carbonyl (C=O) groups is 1. The van der Waals surface area contributed by atoms with Crippen LogP contribution in [0.3, 0.4) is 0 Å². The molecule has 0 saturated heterocycles. The van der Waals surface area contributed by atoms with E-state index in [0.717, 1.165) is 10.0 Å². The van der Waals surface area contributed by atoms with E-state index in [1.165, 1.54) is 34.8 Å². The number of aromatic nitrogens is 2. The molecule has 1 N–H and O–H groups in total. The molecule has 2 aromatic carbocycles. The summed E-state index contributed by atoms with van der Waals surface area (Å²) in [7, 11) is -3.91. The third-order valence-corrected chi connectivity index (χ3v) is 8.85. The molecule has 0 radical (unpaired) electrons. The van der Waals surface area contributed by atoms with Crippen molar-refractivity contribution in [2.45, 2.75) is 24.9 Å². The van der Waals surface area contributed by atoms with Crippen molar-refractivity contribution in [1.82, 2.24) is 19.1 Å². The van der Waals surface area contributed by atoms with Gasteiger partial charge >= 0.3 is 0 Å². The second-order valence-electron chi connectivity index (χ2n) is 8.98. The summed E-state index contributed by atoms with van der Waals surface area (Å²) in [5, 5.41) is 4.99. The van der Waals surface area contributed by atoms with Gasteiger partial charge in [-0.25, -0.2) is 18.8 Å². The Labute approximate surface area is 254 Å². The number of nitrogens with zero attached hydrogens (tertiary/aromatic N) is 4. The number of sulfonamides is 1. The van der Waals surface area contributed by atoms with E-state index in [1.54, 1.807) is 60.0 Å². The molecule has 0 aliphatic rings. The summed E-state index contributed by atoms with van der Waals surface area (Å²) in [5.41, 5.74) is 4.77. The lowest BCUT2D eigenvalue weighted by Gasteiger charge is -2.21. The number of rotatable bonds is 9. The van der Waals surface area contributed by atoms with E-state index < -0.39 is 15.9 Å². The van der Waals surface area contributed by atoms with Crippen molar-refractivity contribution >= 4 is 66.9 Å². The molecule has 9 nitrogen and oxygen atoms in total. The van der Waals surface area contributed by atoms with Crippen LogP contribution in [-0.4, -0.2) is 34.2 Å². The van der Waals surface area contributed by atoms with Crippen molar-refractivity contribution in [2.75, 3.05) is 0 Å². The lowest BCUT2D eigenvalue weighted by atomic mass is 10.2. The van der Waals surface area contributed by atoms with Crippen LogP contribution in [0.15, 0.2) is 97.9 Å². The second kappa shape index (κ2) is 12.2. The van der Waals surface area contributed by atoms with E-state index in [0.29, 0.717) is 38.6 Å². The SMILES string of the molecule is Cc1nc2ccc(Br)cn2c1C(=O)N/N=C/c1ccc(CN(Cc2ccc(Cl)cc2)S(=O)(=O)c2ccc(Cl)cc2)o1. The lowest BCUT2D eigenvalue weighted by molar-refractivity contribution is 0.0948. The van der Waals surface area contributed by atoms with Crippen LogP contribution < -0.4 is 5.43 Å². The van der Waals surface area contributed by atoms with E-state index >= 15 is 0 Å². The van der Waals surface area contributed by atoms with Crippen LogP contribution in [0.25, 0.3) is 5.65 Å². The fourth-order valence-corrected chi connectivity index (χ4v) is 6.10. The number of nitrogens with one attached hydrogen (secondary N) is 1. The fourth-order valence-electron chi connectivity index (χ4n) is 4.12. The lowest BCUT2D eigenvalue weighted by Crippen LogP contribution is -2.30. The van der Waals surface area contributed by atoms with Crippen LogP contribution >= 0.6 is 39.1 Å². The zero-order chi connectivity index (χ0) is 29.1. The van der Waals surface area contributed by atoms with Crippen molar-refractivity contribution in [3.05, 3.63) is 122 Å². The molecule has 210 valence electrons. The van der Waals surface area contributed by atoms with Crippen molar-refractivity contribution in [2.24, 2.45) is 5.10 Å². The van der Waals surface area contributed by atoms with Crippen LogP contribution in [0, 0.1) is 6.92 Å². The standard InChI is InChI=1S/C28H22BrCl2N5O4S/c1-18-27(36-16-20(29)4-13-26(36)33-18)28(37)34-32-14-23-9-10-24(40-23)17-35(15-19-2-5-21(30)6-3-19)41(38,39)25-11-7-22(31)8-12-25/h2-14,16H,15,17H2,1H3,(H,34,37)/b32-14+. The van der Waals surface area contributed by atoms with Gasteiger partial charge in [-0.3, -0.25) is 9.20 Å². The van der Waals surface area contributed by atoms with Gasteiger partial charge in [0.1, 0.15) is 22.9 Å². The van der Waals surface area contributed by atoms with Gasteiger partial charge in [-0.15, -0.1) is 0 Å². The number of hydrogen-bond donors (Lipinski definition) is 1. The Morgan fingerprint density at radius 1 is 1.02 bits per heavy atom. The Balaban J connectivity index is 1.33. The van der Waals surface area contributed by atoms with E-state index in [4.69, 9.17) is 27.6 Å². The normalized spacial score (nSPS) is 12.0. The zero-order valence-electron chi connectivity index (χ0n) is 21.5. The molecule has 0 saturated carbocycles. The average molecular weight is 675 g/mol. The van der Waals surface area contributed by atoms with Crippen molar-refractivity contribution in [1.29, 1.82) is 0 Å². The number of imidazole rings is 1. The molecule has 3 aromatic heterocycles. The molecule has 0 aliphatic carbocycles. The van der Waals surface area contributed by atoms with Crippen LogP contribution in [0.1, 0.15) is 33.3 Å². The summed E-state index contributed by atoms with van der Waals surface area (Å²) in [6, 6.07) is 19.8. The van der Waals surface area contributed by atoms with E-state index in [1.807, 2.05) is 6.07 Å². The fraction of sp³-hybridized carbons (Fsp3) is 0.107. The number of carbonyl (C=O) groups excluding carboxylic acids is 1. The third-order valence-electron chi connectivity index (χ3n) is 6.07. The van der Waals surface area contributed by atoms with E-state index in [2.05, 4.69) is 31.4 Å². The molecule has 0 bridgehead atoms. The highest BCUT2D eigenvalue weighted by molar-refractivity contribution is 9.10. The van der Waals surface area contributed by atoms with Gasteiger partial charge in [0.25, 0.3) is 5.91 Å². The van der Waals surface area contributed by atoms with Gasteiger partial charge in [0, 0.05) is 27.3 Å². The molecule has 13 heteroatoms. The van der Waals surface area contributed by atoms with Crippen LogP contribution in [0.5, 0.6) is 0 Å². The first-order valence-corrected chi connectivity index (χ1v) is 15.2. The molecule has 0 spiro atoms. The predicted octanol–water partition coefficient (Wildman–Crippen LogP) is 6.46. The third kappa shape index (κ3) is 6.71. The Hall–Kier alpha value is -3.48. The molecular formula is C28H22BrCl2N5O4S. The number of hydrazone groups is 1. The minimum Gasteiger partial charge on any atom is -0.459 e. The maximum absolute atomic E-state index is 13.6. The maximum atomic E-state index is 13.6. The average Bonchev–Trinajstić information content (AvgIpc) is 3.52. The summed E-state index contributed by atoms with van der Waals surface area (Å²) >= 11 is 15.4. The number of hydrogen-bond acceptors (Lipinski definition) is 6. The van der Waals surface area contributed by atoms with Gasteiger partial charge in [0.2, 0.25) is 10.0 Å². The number of aryl methyl sites for hydroxylation is 1. The van der Waals surface area contributed by atoms with Gasteiger partial charge in [0.05, 0.1) is 23.3 Å². The van der Waals surface area contributed by atoms with E-state index in [-0.39, 0.29) is 18.0 Å². The van der Waals surface area contributed by atoms with Crippen molar-refractivity contribution in [3.8, 4) is 0 Å². The van der Waals surface area contributed by atoms with Crippen molar-refractivity contribution in [3.63, 3.8) is 0 Å². The number of fused-ring (bicyclic) bond motifs is 1. The Bertz CT molecular complexity index is 1850. The minimum absolute atomic E-state index is 0.0519. The monoisotopic (exact) mass is 673 g/mol. The first kappa shape index (κ1) is 29.0. The van der Waals surface area contributed by atoms with Gasteiger partial charge in [-0.05, 0) is 89.1 Å². The Morgan fingerprint density at radius 2 is 1.71 bits per heavy atom. The van der Waals surface area contributed by atoms with Crippen LogP contribution in [0.2, 0.25) is 10.0 Å². The number of furan rings is 1. The van der Waals surface area contributed by atoms with Gasteiger partial charge in [0.15, 0.2) is 0 Å². The number of halogens is 3. The maximum Gasteiger partial charge on any atom is 0.290 e. The number of pyridine rings is 1. The van der Waals surface area contributed by atoms with Gasteiger partial charge in [-0.1, -0.05) is 35.3 Å². The Morgan fingerprint density at radius 3 is 2.41 bits per heavy atom. The highest BCUT2D eigenvalue weighted by Crippen LogP contribution is 2.24. The van der Waals surface area contributed by atoms with E-state index in [9.17, 15) is 13.2 Å². The molecule has 1 amide bonds. The summed E-state index contributed by atoms with van der Waals surface area (Å²) in [6.45, 7) is 1.77. The number of amides is 1. The summed E-state index contributed by atoms with van der Waals surface area (Å²) < 4.78 is 36.7. The molecule has 0 atom stereocenters. The van der Waals surface area contributed by atoms with Crippen LogP contribution in [0.4, 0.5) is 0 Å². The molecule has 5 aromatic rings. The topological polar surface area (TPSA) is 109 Å². The predicted molar refractivity (Wildman–Crippen MR) is 161 cm³/mol. The summed E-state index contributed by atoms with van der Waals surface area (Å²) in [6.07, 6.45) is 3.09. The highest BCUT2D eigenvalue weighted by atomic mass is 79.9. The molecule has 0 fully saturated rings. The highest BCUT2D eigenvalue weighted by Gasteiger charge is 2.26. The molecular weight excluding hydrogens is 653 g/mol. The molecule has 0 unspecified atom stereocenters. The zero-order valence-corrected chi connectivity index (χ0v) is 25.4. The second-order valence-corrected chi connectivity index (χ2v) is 12.7. The quantitative estimate of drug-likeness (QED) is 0.143. The van der Waals surface area contributed by atoms with Gasteiger partial charge < -0.3 is 4.42 Å². The first-order valence-electron chi connectivity index (χ1n) is 12.2. The molecule has 5 rings (SSSR count). The molecule has 0 aliphatic heterocycles. The molecule has 41 heavy (non-hydrogen) atoms. The van der Waals surface area contributed by atoms with Gasteiger partial charge in [-0.2, -0.15) is 9.41 Å². The number of benzene rings is 2. The van der Waals surface area contributed by atoms with Crippen molar-refractivity contribution < 1.29 is 17.6 Å². The van der Waals surface area contributed by atoms with Crippen LogP contribution in [-0.2, 0) is 23.1 Å². The Kier molecular flexibility index (Phi) is 8.62. The largest absolute Gasteiger partial charge is 0.459 e. The minimum atomic E-state index is -3.91. The summed E-state index contributed by atoms with van der Waals surface area (Å²) in [5.74, 6) is 0.263.